The first-order valence-corrected chi connectivity index (χ1v) is 4.44. The quantitative estimate of drug-likeness (QED) is 0.732. The molecular weight excluding hydrogens is 185 g/mol. The molecule has 0 heterocycles. The van der Waals surface area contributed by atoms with Crippen molar-refractivity contribution < 1.29 is 13.9 Å². The van der Waals surface area contributed by atoms with E-state index in [0.717, 1.165) is 6.42 Å². The molecule has 0 bridgehead atoms. The normalized spacial score (nSPS) is 9.93. The van der Waals surface area contributed by atoms with E-state index in [1.807, 2.05) is 0 Å². The van der Waals surface area contributed by atoms with Crippen LogP contribution >= 0.6 is 0 Å². The lowest BCUT2D eigenvalue weighted by molar-refractivity contribution is 0.289. The fourth-order valence-corrected chi connectivity index (χ4v) is 1.03. The van der Waals surface area contributed by atoms with Crippen LogP contribution in [0.25, 0.3) is 0 Å². The highest BCUT2D eigenvalue weighted by atomic mass is 19.1. The third kappa shape index (κ3) is 2.88. The number of hydrogen-bond acceptors (Lipinski definition) is 3. The Kier molecular flexibility index (Phi) is 4.19. The summed E-state index contributed by atoms with van der Waals surface area (Å²) in [7, 11) is 1.52. The van der Waals surface area contributed by atoms with Crippen LogP contribution in [0, 0.1) is 5.82 Å². The van der Waals surface area contributed by atoms with Gasteiger partial charge in [0, 0.05) is 6.07 Å². The van der Waals surface area contributed by atoms with Crippen LogP contribution in [0.15, 0.2) is 18.2 Å². The van der Waals surface area contributed by atoms with Crippen LogP contribution in [0.3, 0.4) is 0 Å². The minimum atomic E-state index is -0.339. The lowest BCUT2D eigenvalue weighted by Gasteiger charge is -2.09. The number of rotatable bonds is 5. The molecule has 0 radical (unpaired) electrons. The Balaban J connectivity index is 2.67. The molecule has 2 N–H and O–H groups in total. The Hall–Kier alpha value is -1.29. The average Bonchev–Trinajstić information content (AvgIpc) is 2.19. The summed E-state index contributed by atoms with van der Waals surface area (Å²) in [6.07, 6.45) is 0.736. The molecule has 0 aromatic heterocycles. The standard InChI is InChI=1S/C10H14FNO2/c1-13-9-4-3-8(11)7-10(9)14-6-2-5-12/h3-4,7H,2,5-6,12H2,1H3. The van der Waals surface area contributed by atoms with Crippen molar-refractivity contribution in [3.8, 4) is 11.5 Å². The van der Waals surface area contributed by atoms with Gasteiger partial charge in [-0.15, -0.1) is 0 Å². The minimum Gasteiger partial charge on any atom is -0.493 e. The van der Waals surface area contributed by atoms with Gasteiger partial charge in [0.2, 0.25) is 0 Å². The zero-order valence-corrected chi connectivity index (χ0v) is 8.13. The van der Waals surface area contributed by atoms with Gasteiger partial charge in [-0.05, 0) is 25.1 Å². The van der Waals surface area contributed by atoms with Crippen molar-refractivity contribution in [3.63, 3.8) is 0 Å². The van der Waals surface area contributed by atoms with Crippen LogP contribution in [0.5, 0.6) is 11.5 Å². The van der Waals surface area contributed by atoms with Gasteiger partial charge in [0.05, 0.1) is 13.7 Å². The summed E-state index contributed by atoms with van der Waals surface area (Å²) in [5, 5.41) is 0. The molecule has 3 nitrogen and oxygen atoms in total. The molecule has 0 amide bonds. The molecule has 0 unspecified atom stereocenters. The summed E-state index contributed by atoms with van der Waals surface area (Å²) in [4.78, 5) is 0. The Morgan fingerprint density at radius 3 is 2.79 bits per heavy atom. The van der Waals surface area contributed by atoms with Crippen molar-refractivity contribution in [1.29, 1.82) is 0 Å². The SMILES string of the molecule is COc1ccc(F)cc1OCCCN. The zero-order valence-electron chi connectivity index (χ0n) is 8.13. The van der Waals surface area contributed by atoms with Crippen molar-refractivity contribution in [3.05, 3.63) is 24.0 Å². The molecule has 0 saturated heterocycles. The second-order valence-corrected chi connectivity index (χ2v) is 2.79. The first-order valence-electron chi connectivity index (χ1n) is 4.44. The van der Waals surface area contributed by atoms with Gasteiger partial charge in [0.1, 0.15) is 5.82 Å². The topological polar surface area (TPSA) is 44.5 Å². The van der Waals surface area contributed by atoms with Crippen LogP contribution < -0.4 is 15.2 Å². The van der Waals surface area contributed by atoms with E-state index in [9.17, 15) is 4.39 Å². The first-order chi connectivity index (χ1) is 6.77. The van der Waals surface area contributed by atoms with Crippen molar-refractivity contribution in [2.45, 2.75) is 6.42 Å². The molecule has 0 spiro atoms. The maximum absolute atomic E-state index is 12.8. The van der Waals surface area contributed by atoms with Gasteiger partial charge in [0.25, 0.3) is 0 Å². The smallest absolute Gasteiger partial charge is 0.164 e. The van der Waals surface area contributed by atoms with Gasteiger partial charge >= 0.3 is 0 Å². The zero-order chi connectivity index (χ0) is 10.4. The molecule has 14 heavy (non-hydrogen) atoms. The highest BCUT2D eigenvalue weighted by Gasteiger charge is 2.04. The van der Waals surface area contributed by atoms with E-state index in [-0.39, 0.29) is 5.82 Å². The van der Waals surface area contributed by atoms with Crippen LogP contribution in [-0.4, -0.2) is 20.3 Å². The van der Waals surface area contributed by atoms with E-state index in [2.05, 4.69) is 0 Å². The lowest BCUT2D eigenvalue weighted by Crippen LogP contribution is -2.06. The maximum Gasteiger partial charge on any atom is 0.164 e. The number of benzene rings is 1. The number of halogens is 1. The van der Waals surface area contributed by atoms with E-state index in [1.54, 1.807) is 0 Å². The summed E-state index contributed by atoms with van der Waals surface area (Å²) in [6.45, 7) is 1.02. The van der Waals surface area contributed by atoms with Crippen LogP contribution in [0.1, 0.15) is 6.42 Å². The summed E-state index contributed by atoms with van der Waals surface area (Å²) in [6, 6.07) is 4.16. The van der Waals surface area contributed by atoms with E-state index in [0.29, 0.717) is 24.7 Å². The Morgan fingerprint density at radius 1 is 1.36 bits per heavy atom. The molecule has 1 aromatic carbocycles. The van der Waals surface area contributed by atoms with E-state index >= 15 is 0 Å². The second kappa shape index (κ2) is 5.44. The lowest BCUT2D eigenvalue weighted by atomic mass is 10.3. The summed E-state index contributed by atoms with van der Waals surface area (Å²) in [5.41, 5.74) is 5.31. The molecule has 0 aliphatic carbocycles. The fourth-order valence-electron chi connectivity index (χ4n) is 1.03. The molecule has 0 aliphatic rings. The number of hydrogen-bond donors (Lipinski definition) is 1. The van der Waals surface area contributed by atoms with Crippen LogP contribution in [0.4, 0.5) is 4.39 Å². The summed E-state index contributed by atoms with van der Waals surface area (Å²) < 4.78 is 23.1. The molecule has 1 aromatic rings. The van der Waals surface area contributed by atoms with Crippen molar-refractivity contribution >= 4 is 0 Å². The van der Waals surface area contributed by atoms with Crippen LogP contribution in [-0.2, 0) is 0 Å². The van der Waals surface area contributed by atoms with E-state index < -0.39 is 0 Å². The third-order valence-electron chi connectivity index (χ3n) is 1.73. The molecule has 0 atom stereocenters. The van der Waals surface area contributed by atoms with Gasteiger partial charge in [-0.2, -0.15) is 0 Å². The van der Waals surface area contributed by atoms with Gasteiger partial charge < -0.3 is 15.2 Å². The molecule has 1 rings (SSSR count). The summed E-state index contributed by atoms with van der Waals surface area (Å²) in [5.74, 6) is 0.609. The maximum atomic E-state index is 12.8. The Labute approximate surface area is 82.6 Å². The predicted octanol–water partition coefficient (Wildman–Crippen LogP) is 1.56. The number of methoxy groups -OCH3 is 1. The second-order valence-electron chi connectivity index (χ2n) is 2.79. The molecule has 0 aliphatic heterocycles. The highest BCUT2D eigenvalue weighted by molar-refractivity contribution is 5.39. The molecule has 78 valence electrons. The number of ether oxygens (including phenoxy) is 2. The highest BCUT2D eigenvalue weighted by Crippen LogP contribution is 2.27. The van der Waals surface area contributed by atoms with Crippen molar-refractivity contribution in [2.75, 3.05) is 20.3 Å². The Morgan fingerprint density at radius 2 is 2.14 bits per heavy atom. The Bertz CT molecular complexity index is 291. The molecule has 4 heteroatoms. The molecule has 0 saturated carbocycles. The van der Waals surface area contributed by atoms with Gasteiger partial charge in [0.15, 0.2) is 11.5 Å². The largest absolute Gasteiger partial charge is 0.493 e. The minimum absolute atomic E-state index is 0.339. The van der Waals surface area contributed by atoms with Crippen molar-refractivity contribution in [1.82, 2.24) is 0 Å². The summed E-state index contributed by atoms with van der Waals surface area (Å²) >= 11 is 0. The average molecular weight is 199 g/mol. The van der Waals surface area contributed by atoms with Gasteiger partial charge in [-0.3, -0.25) is 0 Å². The predicted molar refractivity (Wildman–Crippen MR) is 52.1 cm³/mol. The van der Waals surface area contributed by atoms with E-state index in [1.165, 1.54) is 25.3 Å². The monoisotopic (exact) mass is 199 g/mol. The van der Waals surface area contributed by atoms with Crippen LogP contribution in [0.2, 0.25) is 0 Å². The van der Waals surface area contributed by atoms with E-state index in [4.69, 9.17) is 15.2 Å². The first kappa shape index (κ1) is 10.8. The van der Waals surface area contributed by atoms with Crippen molar-refractivity contribution in [2.24, 2.45) is 5.73 Å². The fraction of sp³-hybridized carbons (Fsp3) is 0.400. The molecular formula is C10H14FNO2. The number of nitrogens with two attached hydrogens (primary N) is 1. The van der Waals surface area contributed by atoms with Gasteiger partial charge in [-0.25, -0.2) is 4.39 Å². The third-order valence-corrected chi connectivity index (χ3v) is 1.73. The molecule has 0 fully saturated rings. The van der Waals surface area contributed by atoms with Gasteiger partial charge in [-0.1, -0.05) is 0 Å².